The van der Waals surface area contributed by atoms with Crippen LogP contribution < -0.4 is 0 Å². The van der Waals surface area contributed by atoms with E-state index in [1.807, 2.05) is 14.7 Å². The average Bonchev–Trinajstić information content (AvgIpc) is 3.49. The monoisotopic (exact) mass is 408 g/mol. The Labute approximate surface area is 172 Å². The number of carbonyl (C=O) groups excluding carboxylic acids is 2. The van der Waals surface area contributed by atoms with Gasteiger partial charge in [0.1, 0.15) is 15.7 Å². The van der Waals surface area contributed by atoms with E-state index in [9.17, 15) is 9.59 Å². The molecule has 0 atom stereocenters. The highest BCUT2D eigenvalue weighted by molar-refractivity contribution is 8.10. The summed E-state index contributed by atoms with van der Waals surface area (Å²) in [4.78, 5) is 32.6. The highest BCUT2D eigenvalue weighted by Crippen LogP contribution is 2.33. The first-order chi connectivity index (χ1) is 13.0. The lowest BCUT2D eigenvalue weighted by atomic mass is 10.0. The Morgan fingerprint density at radius 2 is 1.44 bits per heavy atom. The number of allylic oxidation sites excluding steroid dienone is 1. The van der Waals surface area contributed by atoms with Crippen LogP contribution in [-0.4, -0.2) is 87.8 Å². The lowest BCUT2D eigenvalue weighted by Crippen LogP contribution is -2.29. The fourth-order valence-corrected chi connectivity index (χ4v) is 3.50. The van der Waals surface area contributed by atoms with Gasteiger partial charge in [0.05, 0.1) is 5.70 Å². The van der Waals surface area contributed by atoms with Crippen LogP contribution in [0, 0.1) is 0 Å². The van der Waals surface area contributed by atoms with Gasteiger partial charge < -0.3 is 19.6 Å². The van der Waals surface area contributed by atoms with Gasteiger partial charge in [-0.25, -0.2) is 0 Å². The van der Waals surface area contributed by atoms with Crippen LogP contribution in [0.4, 0.5) is 0 Å². The summed E-state index contributed by atoms with van der Waals surface area (Å²) in [6.45, 7) is 11.8. The van der Waals surface area contributed by atoms with Crippen molar-refractivity contribution < 1.29 is 9.59 Å². The summed E-state index contributed by atoms with van der Waals surface area (Å²) < 4.78 is 0.726. The van der Waals surface area contributed by atoms with Crippen LogP contribution in [-0.2, 0) is 9.59 Å². The first-order valence-electron chi connectivity index (χ1n) is 9.75. The molecule has 0 saturated carbocycles. The number of Topliss-reactive ketones (excluding diaryl/α,β-unsaturated/α-hetero) is 1. The summed E-state index contributed by atoms with van der Waals surface area (Å²) in [5, 5.41) is 0. The summed E-state index contributed by atoms with van der Waals surface area (Å²) in [7, 11) is 0. The van der Waals surface area contributed by atoms with Gasteiger partial charge in [0, 0.05) is 58.4 Å². The third-order valence-corrected chi connectivity index (χ3v) is 5.29. The van der Waals surface area contributed by atoms with Crippen molar-refractivity contribution in [3.8, 4) is 0 Å². The summed E-state index contributed by atoms with van der Waals surface area (Å²) in [6.07, 6.45) is 3.80. The van der Waals surface area contributed by atoms with Crippen molar-refractivity contribution in [2.24, 2.45) is 0 Å². The van der Waals surface area contributed by atoms with E-state index < -0.39 is 0 Å². The average molecular weight is 409 g/mol. The molecule has 0 N–H and O–H groups in total. The van der Waals surface area contributed by atoms with Crippen molar-refractivity contribution in [3.05, 3.63) is 23.2 Å². The predicted molar refractivity (Wildman–Crippen MR) is 114 cm³/mol. The Kier molecular flexibility index (Phi) is 6.47. The smallest absolute Gasteiger partial charge is 0.227 e. The van der Waals surface area contributed by atoms with E-state index >= 15 is 0 Å². The summed E-state index contributed by atoms with van der Waals surface area (Å²) in [5.74, 6) is 0.0485. The molecule has 0 amide bonds. The maximum Gasteiger partial charge on any atom is 0.227 e. The fraction of sp³-hybridized carbons (Fsp3) is 0.632. The molecule has 148 valence electrons. The van der Waals surface area contributed by atoms with Crippen molar-refractivity contribution in [1.82, 2.24) is 19.6 Å². The van der Waals surface area contributed by atoms with E-state index in [0.29, 0.717) is 17.1 Å². The number of thiol groups is 1. The third-order valence-electron chi connectivity index (χ3n) is 4.75. The Morgan fingerprint density at radius 3 is 1.85 bits per heavy atom. The highest BCUT2D eigenvalue weighted by atomic mass is 32.1. The van der Waals surface area contributed by atoms with Crippen LogP contribution >= 0.6 is 24.8 Å². The minimum atomic E-state index is 0.00546. The van der Waals surface area contributed by atoms with E-state index in [1.165, 1.54) is 6.08 Å². The number of thiocarbonyl (C=S) groups is 1. The van der Waals surface area contributed by atoms with E-state index in [4.69, 9.17) is 12.2 Å². The van der Waals surface area contributed by atoms with Crippen molar-refractivity contribution in [2.45, 2.75) is 26.7 Å². The van der Waals surface area contributed by atoms with Crippen LogP contribution in [0.2, 0.25) is 0 Å². The van der Waals surface area contributed by atoms with Crippen molar-refractivity contribution in [1.29, 1.82) is 0 Å². The first kappa shape index (κ1) is 20.2. The number of hydrogen-bond donors (Lipinski definition) is 1. The largest absolute Gasteiger partial charge is 0.365 e. The van der Waals surface area contributed by atoms with Gasteiger partial charge in [0.25, 0.3) is 0 Å². The van der Waals surface area contributed by atoms with Crippen molar-refractivity contribution in [2.75, 3.05) is 52.4 Å². The molecule has 0 radical (unpaired) electrons. The van der Waals surface area contributed by atoms with E-state index in [-0.39, 0.29) is 11.6 Å². The van der Waals surface area contributed by atoms with Gasteiger partial charge in [0.15, 0.2) is 0 Å². The third kappa shape index (κ3) is 5.04. The number of carbonyl (C=O) groups is 2. The second-order valence-corrected chi connectivity index (χ2v) is 8.26. The molecule has 4 aliphatic rings. The van der Waals surface area contributed by atoms with Gasteiger partial charge in [-0.15, -0.1) is 12.6 Å². The standard InChI is InChI=1S/C12H13N3O2.C7H15NS2/c16-9-7-8(13-1-2-13)12(17)11(15-5-6-15)10(9)14-3-4-14;1-3-5-8(6-4-2)7(9)10/h7H,1-6H2;3-6H2,1-2H3,(H,9,10). The molecule has 3 aliphatic heterocycles. The lowest BCUT2D eigenvalue weighted by molar-refractivity contribution is -0.117. The van der Waals surface area contributed by atoms with Crippen molar-refractivity contribution >= 4 is 40.7 Å². The molecule has 1 aliphatic carbocycles. The summed E-state index contributed by atoms with van der Waals surface area (Å²) in [5.41, 5.74) is 1.89. The van der Waals surface area contributed by atoms with Gasteiger partial charge in [-0.2, -0.15) is 0 Å². The van der Waals surface area contributed by atoms with Crippen molar-refractivity contribution in [3.63, 3.8) is 0 Å². The summed E-state index contributed by atoms with van der Waals surface area (Å²) in [6, 6.07) is 0. The normalized spacial score (nSPS) is 20.3. The maximum absolute atomic E-state index is 12.4. The zero-order valence-corrected chi connectivity index (χ0v) is 17.8. The van der Waals surface area contributed by atoms with Crippen LogP contribution in [0.5, 0.6) is 0 Å². The number of nitrogens with zero attached hydrogens (tertiary/aromatic N) is 4. The molecule has 0 unspecified atom stereocenters. The molecule has 0 bridgehead atoms. The molecule has 0 aromatic heterocycles. The molecule has 0 aromatic carbocycles. The molecular weight excluding hydrogens is 380 g/mol. The molecule has 3 heterocycles. The molecule has 0 aromatic rings. The molecule has 27 heavy (non-hydrogen) atoms. The lowest BCUT2D eigenvalue weighted by Gasteiger charge is -2.21. The molecule has 8 heteroatoms. The van der Waals surface area contributed by atoms with Gasteiger partial charge >= 0.3 is 0 Å². The van der Waals surface area contributed by atoms with E-state index in [0.717, 1.165) is 69.5 Å². The van der Waals surface area contributed by atoms with E-state index in [1.54, 1.807) is 0 Å². The number of rotatable bonds is 7. The van der Waals surface area contributed by atoms with Crippen LogP contribution in [0.15, 0.2) is 23.2 Å². The zero-order valence-electron chi connectivity index (χ0n) is 16.1. The van der Waals surface area contributed by atoms with Gasteiger partial charge in [-0.1, -0.05) is 26.1 Å². The minimum Gasteiger partial charge on any atom is -0.365 e. The van der Waals surface area contributed by atoms with Gasteiger partial charge in [-0.3, -0.25) is 9.59 Å². The summed E-state index contributed by atoms with van der Waals surface area (Å²) >= 11 is 9.06. The number of ketones is 2. The fourth-order valence-electron chi connectivity index (χ4n) is 3.12. The van der Waals surface area contributed by atoms with Gasteiger partial charge in [-0.05, 0) is 12.8 Å². The Hall–Kier alpha value is -1.54. The Balaban J connectivity index is 0.000000183. The topological polar surface area (TPSA) is 46.4 Å². The molecule has 3 saturated heterocycles. The SMILES string of the molecule is CCCN(CCC)C(=S)S.O=C1C=C(N2CC2)C(=O)C(N2CC2)=C1N1CC1. The van der Waals surface area contributed by atoms with E-state index in [2.05, 4.69) is 31.4 Å². The zero-order chi connectivity index (χ0) is 19.6. The Bertz CT molecular complexity index is 686. The molecular formula is C19H28N4O2S2. The minimum absolute atomic E-state index is 0.00546. The quantitative estimate of drug-likeness (QED) is 0.296. The molecule has 0 spiro atoms. The second-order valence-electron chi connectivity index (χ2n) is 7.15. The maximum atomic E-state index is 12.4. The first-order valence-corrected chi connectivity index (χ1v) is 10.6. The number of hydrogen-bond acceptors (Lipinski definition) is 6. The predicted octanol–water partition coefficient (Wildman–Crippen LogP) is 1.50. The second kappa shape index (κ2) is 8.65. The van der Waals surface area contributed by atoms with Gasteiger partial charge in [0.2, 0.25) is 11.6 Å². The molecule has 3 fully saturated rings. The highest BCUT2D eigenvalue weighted by Gasteiger charge is 2.43. The van der Waals surface area contributed by atoms with Crippen LogP contribution in [0.3, 0.4) is 0 Å². The van der Waals surface area contributed by atoms with Crippen LogP contribution in [0.1, 0.15) is 26.7 Å². The molecule has 6 nitrogen and oxygen atoms in total. The van der Waals surface area contributed by atoms with Crippen LogP contribution in [0.25, 0.3) is 0 Å². The molecule has 4 rings (SSSR count). The Morgan fingerprint density at radius 1 is 0.963 bits per heavy atom.